The summed E-state index contributed by atoms with van der Waals surface area (Å²) in [6, 6.07) is 4.04. The van der Waals surface area contributed by atoms with Crippen molar-refractivity contribution in [3.8, 4) is 0 Å². The first-order valence-electron chi connectivity index (χ1n) is 12.5. The highest BCUT2D eigenvalue weighted by atomic mass is 35.5. The Balaban J connectivity index is 1.83. The van der Waals surface area contributed by atoms with Crippen LogP contribution >= 0.6 is 23.2 Å². The minimum atomic E-state index is -1.14. The first-order chi connectivity index (χ1) is 17.4. The van der Waals surface area contributed by atoms with Crippen LogP contribution in [-0.2, 0) is 15.0 Å². The number of carbonyl (C=O) groups is 2. The molecule has 0 unspecified atom stereocenters. The number of hydrogen-bond acceptors (Lipinski definition) is 4. The fraction of sp³-hybridized carbons (Fsp3) is 0.500. The lowest BCUT2D eigenvalue weighted by Gasteiger charge is -2.38. The second-order valence-electron chi connectivity index (χ2n) is 11.5. The van der Waals surface area contributed by atoms with Crippen molar-refractivity contribution >= 4 is 40.7 Å². The van der Waals surface area contributed by atoms with Crippen LogP contribution in [0.4, 0.5) is 10.1 Å². The number of anilines is 1. The van der Waals surface area contributed by atoms with Crippen molar-refractivity contribution in [3.63, 3.8) is 0 Å². The molecule has 4 atom stereocenters. The van der Waals surface area contributed by atoms with Gasteiger partial charge in [-0.05, 0) is 54.0 Å². The van der Waals surface area contributed by atoms with Crippen LogP contribution in [0, 0.1) is 11.3 Å². The molecule has 37 heavy (non-hydrogen) atoms. The van der Waals surface area contributed by atoms with Gasteiger partial charge >= 0.3 is 0 Å². The van der Waals surface area contributed by atoms with Crippen LogP contribution in [0.1, 0.15) is 45.6 Å². The summed E-state index contributed by atoms with van der Waals surface area (Å²) in [7, 11) is 0. The molecule has 1 spiro atoms. The number of amides is 2. The van der Waals surface area contributed by atoms with Crippen molar-refractivity contribution < 1.29 is 19.1 Å². The predicted molar refractivity (Wildman–Crippen MR) is 145 cm³/mol. The van der Waals surface area contributed by atoms with Crippen molar-refractivity contribution in [3.05, 3.63) is 64.2 Å². The summed E-state index contributed by atoms with van der Waals surface area (Å²) in [6.07, 6.45) is 5.88. The van der Waals surface area contributed by atoms with Crippen molar-refractivity contribution in [2.75, 3.05) is 12.0 Å². The molecule has 6 nitrogen and oxygen atoms in total. The molecule has 4 rings (SSSR count). The fourth-order valence-electron chi connectivity index (χ4n) is 5.89. The lowest BCUT2D eigenvalue weighted by atomic mass is 9.62. The van der Waals surface area contributed by atoms with Crippen LogP contribution in [-0.4, -0.2) is 47.8 Å². The maximum absolute atomic E-state index is 14.0. The van der Waals surface area contributed by atoms with Crippen molar-refractivity contribution in [1.29, 1.82) is 0 Å². The molecule has 0 aromatic heterocycles. The summed E-state index contributed by atoms with van der Waals surface area (Å²) >= 11 is 12.1. The molecule has 200 valence electrons. The molecule has 1 aromatic carbocycles. The Labute approximate surface area is 227 Å². The van der Waals surface area contributed by atoms with Gasteiger partial charge in [-0.15, -0.1) is 0 Å². The number of aliphatic hydroxyl groups is 1. The van der Waals surface area contributed by atoms with E-state index in [4.69, 9.17) is 23.2 Å². The number of aliphatic hydroxyl groups excluding tert-OH is 1. The molecule has 1 saturated carbocycles. The van der Waals surface area contributed by atoms with Gasteiger partial charge in [0.25, 0.3) is 0 Å². The Hall–Kier alpha value is -2.19. The summed E-state index contributed by atoms with van der Waals surface area (Å²) < 4.78 is 12.9. The molecule has 1 aliphatic carbocycles. The van der Waals surface area contributed by atoms with Gasteiger partial charge in [0.1, 0.15) is 12.1 Å². The average Bonchev–Trinajstić information content (AvgIpc) is 3.26. The van der Waals surface area contributed by atoms with Gasteiger partial charge in [-0.1, -0.05) is 68.8 Å². The quantitative estimate of drug-likeness (QED) is 0.369. The van der Waals surface area contributed by atoms with Gasteiger partial charge < -0.3 is 21.1 Å². The summed E-state index contributed by atoms with van der Waals surface area (Å²) in [5.41, 5.74) is 0.611. The molecule has 2 amide bonds. The van der Waals surface area contributed by atoms with Gasteiger partial charge in [0.15, 0.2) is 0 Å². The lowest BCUT2D eigenvalue weighted by molar-refractivity contribution is -0.126. The number of hydrogen-bond donors (Lipinski definition) is 4. The van der Waals surface area contributed by atoms with Crippen LogP contribution in [0.25, 0.3) is 0 Å². The monoisotopic (exact) mass is 549 g/mol. The van der Waals surface area contributed by atoms with Gasteiger partial charge in [-0.3, -0.25) is 9.59 Å². The number of fused-ring (bicyclic) bond motifs is 2. The molecule has 1 aromatic rings. The van der Waals surface area contributed by atoms with E-state index < -0.39 is 36.2 Å². The van der Waals surface area contributed by atoms with Gasteiger partial charge in [0.2, 0.25) is 11.8 Å². The number of carbonyl (C=O) groups excluding carboxylic acids is 2. The number of benzene rings is 1. The molecule has 4 N–H and O–H groups in total. The van der Waals surface area contributed by atoms with Crippen molar-refractivity contribution in [2.45, 2.75) is 69.7 Å². The van der Waals surface area contributed by atoms with E-state index in [9.17, 15) is 19.1 Å². The number of rotatable bonds is 7. The number of alkyl halides is 1. The van der Waals surface area contributed by atoms with Crippen molar-refractivity contribution in [1.82, 2.24) is 10.6 Å². The van der Waals surface area contributed by atoms with Crippen LogP contribution in [0.3, 0.4) is 0 Å². The largest absolute Gasteiger partial charge is 0.393 e. The predicted octanol–water partition coefficient (Wildman–Crippen LogP) is 4.77. The highest BCUT2D eigenvalue weighted by Crippen LogP contribution is 2.55. The molecular weight excluding hydrogens is 516 g/mol. The fourth-order valence-corrected chi connectivity index (χ4v) is 6.14. The molecule has 0 bridgehead atoms. The highest BCUT2D eigenvalue weighted by molar-refractivity contribution is 6.31. The normalized spacial score (nSPS) is 31.4. The Bertz CT molecular complexity index is 1160. The Kier molecular flexibility index (Phi) is 7.92. The number of allylic oxidation sites excluding steroid dienone is 4. The molecule has 2 aliphatic heterocycles. The van der Waals surface area contributed by atoms with E-state index in [1.807, 2.05) is 6.07 Å². The Morgan fingerprint density at radius 2 is 2.05 bits per heavy atom. The minimum Gasteiger partial charge on any atom is -0.393 e. The molecule has 2 fully saturated rings. The third-order valence-electron chi connectivity index (χ3n) is 7.48. The van der Waals surface area contributed by atoms with Crippen molar-refractivity contribution in [2.24, 2.45) is 11.3 Å². The molecule has 1 saturated heterocycles. The first-order valence-corrected chi connectivity index (χ1v) is 13.3. The van der Waals surface area contributed by atoms with Crippen LogP contribution in [0.15, 0.2) is 53.6 Å². The third kappa shape index (κ3) is 5.37. The average molecular weight is 551 g/mol. The highest BCUT2D eigenvalue weighted by Gasteiger charge is 2.65. The minimum absolute atomic E-state index is 0.0327. The molecule has 9 heteroatoms. The van der Waals surface area contributed by atoms with Crippen LogP contribution in [0.2, 0.25) is 5.02 Å². The molecule has 3 aliphatic rings. The van der Waals surface area contributed by atoms with Gasteiger partial charge in [0, 0.05) is 33.7 Å². The zero-order valence-electron chi connectivity index (χ0n) is 21.3. The first kappa shape index (κ1) is 27.8. The summed E-state index contributed by atoms with van der Waals surface area (Å²) in [4.78, 5) is 27.7. The zero-order chi connectivity index (χ0) is 27.1. The number of halogens is 3. The summed E-state index contributed by atoms with van der Waals surface area (Å²) in [5, 5.41) is 19.8. The molecule has 2 heterocycles. The summed E-state index contributed by atoms with van der Waals surface area (Å²) in [6.45, 7) is 9.75. The summed E-state index contributed by atoms with van der Waals surface area (Å²) in [5.74, 6) is -1.13. The van der Waals surface area contributed by atoms with Crippen LogP contribution < -0.4 is 16.0 Å². The van der Waals surface area contributed by atoms with E-state index in [0.29, 0.717) is 35.5 Å². The van der Waals surface area contributed by atoms with Gasteiger partial charge in [-0.2, -0.15) is 0 Å². The maximum atomic E-state index is 14.0. The van der Waals surface area contributed by atoms with E-state index in [1.165, 1.54) is 6.08 Å². The van der Waals surface area contributed by atoms with E-state index in [1.54, 1.807) is 24.3 Å². The number of nitrogens with one attached hydrogen (secondary N) is 3. The van der Waals surface area contributed by atoms with E-state index >= 15 is 0 Å². The molecular formula is C28H34Cl2FN3O3. The topological polar surface area (TPSA) is 90.5 Å². The van der Waals surface area contributed by atoms with E-state index in [2.05, 4.69) is 43.3 Å². The SMILES string of the molecule is C=C(/C=C\C=C(\Cl)CF)[C@H]1[C@H](C(=O)N[C@H]2C[C@H](O)C2)N[C@H](CC(C)(C)C)[C@]12C(=O)Nc1cc(Cl)ccc12. The zero-order valence-corrected chi connectivity index (χ0v) is 22.8. The second kappa shape index (κ2) is 10.5. The van der Waals surface area contributed by atoms with E-state index in [-0.39, 0.29) is 28.3 Å². The standard InChI is InChI=1S/C28H34Cl2FN3O3/c1-15(6-5-7-17(30)14-31)23-24(25(36)32-18-11-19(35)12-18)34-22(13-27(2,3)4)28(23)20-9-8-16(29)10-21(20)33-26(28)37/h5-10,18-19,22-24,34-35H,1,11-14H2,2-4H3,(H,32,36)(H,33,37)/b6-5-,17-7+/t18-,19-,22-,23+,24-,28+/m1/s1. The van der Waals surface area contributed by atoms with Gasteiger partial charge in [0.05, 0.1) is 12.1 Å². The molecule has 0 radical (unpaired) electrons. The second-order valence-corrected chi connectivity index (χ2v) is 12.4. The maximum Gasteiger partial charge on any atom is 0.238 e. The Morgan fingerprint density at radius 1 is 1.35 bits per heavy atom. The Morgan fingerprint density at radius 3 is 2.68 bits per heavy atom. The van der Waals surface area contributed by atoms with E-state index in [0.717, 1.165) is 5.56 Å². The van der Waals surface area contributed by atoms with Gasteiger partial charge in [-0.25, -0.2) is 4.39 Å². The van der Waals surface area contributed by atoms with Crippen LogP contribution in [0.5, 0.6) is 0 Å². The lowest BCUT2D eigenvalue weighted by Crippen LogP contribution is -2.54. The smallest absolute Gasteiger partial charge is 0.238 e. The third-order valence-corrected chi connectivity index (χ3v) is 7.94.